The number of aromatic nitrogens is 2. The molecule has 5 rings (SSSR count). The van der Waals surface area contributed by atoms with Crippen LogP contribution in [0.2, 0.25) is 5.02 Å². The third-order valence-corrected chi connectivity index (χ3v) is 7.54. The normalized spacial score (nSPS) is 18.6. The van der Waals surface area contributed by atoms with Crippen molar-refractivity contribution in [1.29, 1.82) is 0 Å². The fourth-order valence-electron chi connectivity index (χ4n) is 4.60. The molecule has 1 aromatic heterocycles. The van der Waals surface area contributed by atoms with E-state index in [1.807, 2.05) is 4.90 Å². The van der Waals surface area contributed by atoms with Gasteiger partial charge in [0.05, 0.1) is 35.3 Å². The lowest BCUT2D eigenvalue weighted by atomic mass is 10.1. The van der Waals surface area contributed by atoms with Crippen molar-refractivity contribution >= 4 is 57.4 Å². The number of imide groups is 1. The van der Waals surface area contributed by atoms with Gasteiger partial charge < -0.3 is 5.73 Å². The molecule has 14 heteroatoms. The number of primary amides is 1. The first-order valence-corrected chi connectivity index (χ1v) is 13.0. The maximum absolute atomic E-state index is 13.5. The highest BCUT2D eigenvalue weighted by Crippen LogP contribution is 2.36. The quantitative estimate of drug-likeness (QED) is 0.444. The molecule has 2 aliphatic rings. The zero-order valence-electron chi connectivity index (χ0n) is 20.3. The zero-order chi connectivity index (χ0) is 27.9. The van der Waals surface area contributed by atoms with Gasteiger partial charge >= 0.3 is 11.4 Å². The standard InChI is InChI=1S/C25H22ClF3N6O3S/c26-18-3-2-16(19(11-18)25(27,28)29)13-34-20-4-1-15(9-17(20)12-31-34)10-21-23(37)35(24(38)39-21)33-7-5-32(6-8-33)14-22(30)36/h1-4,9-12H,5-8,13-14H2,(H2,30,36)/b21-10-. The number of nitrogens with zero attached hydrogens (tertiary/aromatic N) is 5. The second-order valence-electron chi connectivity index (χ2n) is 9.11. The van der Waals surface area contributed by atoms with Crippen molar-refractivity contribution in [2.75, 3.05) is 32.7 Å². The van der Waals surface area contributed by atoms with Crippen molar-refractivity contribution in [3.05, 3.63) is 69.2 Å². The number of piperazine rings is 1. The van der Waals surface area contributed by atoms with Gasteiger partial charge in [-0.3, -0.25) is 24.0 Å². The van der Waals surface area contributed by atoms with Crippen LogP contribution in [0, 0.1) is 0 Å². The number of nitrogens with two attached hydrogens (primary N) is 1. The van der Waals surface area contributed by atoms with Gasteiger partial charge in [-0.25, -0.2) is 5.01 Å². The minimum atomic E-state index is -4.56. The lowest BCUT2D eigenvalue weighted by Gasteiger charge is -2.37. The molecule has 2 aliphatic heterocycles. The van der Waals surface area contributed by atoms with Gasteiger partial charge in [-0.15, -0.1) is 0 Å². The third-order valence-electron chi connectivity index (χ3n) is 6.45. The molecule has 3 aromatic rings. The van der Waals surface area contributed by atoms with E-state index in [9.17, 15) is 27.6 Å². The summed E-state index contributed by atoms with van der Waals surface area (Å²) >= 11 is 6.61. The van der Waals surface area contributed by atoms with Gasteiger partial charge in [0, 0.05) is 36.6 Å². The molecule has 39 heavy (non-hydrogen) atoms. The summed E-state index contributed by atoms with van der Waals surface area (Å²) in [5, 5.41) is 7.29. The summed E-state index contributed by atoms with van der Waals surface area (Å²) in [6, 6.07) is 8.81. The van der Waals surface area contributed by atoms with Crippen LogP contribution in [-0.2, 0) is 22.3 Å². The number of hydrazine groups is 1. The summed E-state index contributed by atoms with van der Waals surface area (Å²) in [6.45, 7) is 1.79. The molecule has 0 spiro atoms. The lowest BCUT2D eigenvalue weighted by Crippen LogP contribution is -2.56. The molecule has 0 atom stereocenters. The fraction of sp³-hybridized carbons (Fsp3) is 0.280. The van der Waals surface area contributed by atoms with Crippen molar-refractivity contribution < 1.29 is 27.6 Å². The molecule has 0 aliphatic carbocycles. The molecule has 2 fully saturated rings. The first-order valence-electron chi connectivity index (χ1n) is 11.8. The van der Waals surface area contributed by atoms with Crippen LogP contribution < -0.4 is 5.73 Å². The largest absolute Gasteiger partial charge is 0.416 e. The van der Waals surface area contributed by atoms with E-state index in [1.165, 1.54) is 23.0 Å². The van der Waals surface area contributed by atoms with E-state index in [-0.39, 0.29) is 28.6 Å². The average Bonchev–Trinajstić information content (AvgIpc) is 3.39. The molecule has 0 bridgehead atoms. The van der Waals surface area contributed by atoms with Gasteiger partial charge in [-0.05, 0) is 53.2 Å². The second-order valence-corrected chi connectivity index (χ2v) is 10.5. The maximum atomic E-state index is 13.5. The van der Waals surface area contributed by atoms with Crippen molar-refractivity contribution in [1.82, 2.24) is 24.7 Å². The SMILES string of the molecule is NC(=O)CN1CCN(N2C(=O)S/C(=C\c3ccc4c(cnn4Cc4ccc(Cl)cc4C(F)(F)F)c3)C2=O)CC1. The van der Waals surface area contributed by atoms with Crippen LogP contribution in [0.15, 0.2) is 47.5 Å². The molecular formula is C25H22ClF3N6O3S. The van der Waals surface area contributed by atoms with E-state index in [2.05, 4.69) is 5.10 Å². The molecule has 2 saturated heterocycles. The number of fused-ring (bicyclic) bond motifs is 1. The van der Waals surface area contributed by atoms with Crippen molar-refractivity contribution in [3.63, 3.8) is 0 Å². The van der Waals surface area contributed by atoms with Crippen LogP contribution in [0.25, 0.3) is 17.0 Å². The number of rotatable bonds is 6. The van der Waals surface area contributed by atoms with E-state index in [0.29, 0.717) is 42.6 Å². The Bertz CT molecular complexity index is 1500. The van der Waals surface area contributed by atoms with Crippen molar-refractivity contribution in [2.24, 2.45) is 5.73 Å². The first-order chi connectivity index (χ1) is 18.5. The van der Waals surface area contributed by atoms with Gasteiger partial charge in [0.25, 0.3) is 5.91 Å². The number of hydrogen-bond acceptors (Lipinski definition) is 7. The van der Waals surface area contributed by atoms with Crippen LogP contribution in [0.3, 0.4) is 0 Å². The van der Waals surface area contributed by atoms with E-state index >= 15 is 0 Å². The molecule has 0 saturated carbocycles. The van der Waals surface area contributed by atoms with E-state index in [0.717, 1.165) is 22.8 Å². The Kier molecular flexibility index (Phi) is 7.42. The average molecular weight is 579 g/mol. The summed E-state index contributed by atoms with van der Waals surface area (Å²) in [5.74, 6) is -0.873. The van der Waals surface area contributed by atoms with Gasteiger partial charge in [-0.1, -0.05) is 23.7 Å². The Morgan fingerprint density at radius 3 is 2.54 bits per heavy atom. The molecule has 2 aromatic carbocycles. The predicted molar refractivity (Wildman–Crippen MR) is 140 cm³/mol. The van der Waals surface area contributed by atoms with Gasteiger partial charge in [0.1, 0.15) is 0 Å². The second kappa shape index (κ2) is 10.6. The van der Waals surface area contributed by atoms with Crippen LogP contribution in [0.1, 0.15) is 16.7 Å². The number of benzene rings is 2. The van der Waals surface area contributed by atoms with E-state index < -0.39 is 28.8 Å². The molecule has 3 heterocycles. The Morgan fingerprint density at radius 2 is 1.85 bits per heavy atom. The van der Waals surface area contributed by atoms with Crippen molar-refractivity contribution in [3.8, 4) is 0 Å². The van der Waals surface area contributed by atoms with Crippen LogP contribution in [0.4, 0.5) is 18.0 Å². The number of carbonyl (C=O) groups excluding carboxylic acids is 3. The monoisotopic (exact) mass is 578 g/mol. The number of hydrogen-bond donors (Lipinski definition) is 1. The third kappa shape index (κ3) is 5.81. The lowest BCUT2D eigenvalue weighted by molar-refractivity contribution is -0.138. The molecular weight excluding hydrogens is 557 g/mol. The van der Waals surface area contributed by atoms with Crippen LogP contribution >= 0.6 is 23.4 Å². The Morgan fingerprint density at radius 1 is 1.10 bits per heavy atom. The minimum absolute atomic E-state index is 0.00389. The summed E-state index contributed by atoms with van der Waals surface area (Å²) in [7, 11) is 0. The fourth-order valence-corrected chi connectivity index (χ4v) is 5.62. The van der Waals surface area contributed by atoms with E-state index in [1.54, 1.807) is 29.3 Å². The topological polar surface area (TPSA) is 105 Å². The van der Waals surface area contributed by atoms with Gasteiger partial charge in [0.2, 0.25) is 5.91 Å². The van der Waals surface area contributed by atoms with Gasteiger partial charge in [0.15, 0.2) is 0 Å². The van der Waals surface area contributed by atoms with Crippen LogP contribution in [0.5, 0.6) is 0 Å². The Balaban J connectivity index is 1.32. The molecule has 204 valence electrons. The molecule has 0 radical (unpaired) electrons. The maximum Gasteiger partial charge on any atom is 0.416 e. The number of amides is 3. The zero-order valence-corrected chi connectivity index (χ0v) is 21.9. The first kappa shape index (κ1) is 27.2. The highest BCUT2D eigenvalue weighted by Gasteiger charge is 2.40. The van der Waals surface area contributed by atoms with Crippen LogP contribution in [-0.4, -0.2) is 74.5 Å². The summed E-state index contributed by atoms with van der Waals surface area (Å²) in [6.07, 6.45) is -1.42. The summed E-state index contributed by atoms with van der Waals surface area (Å²) in [4.78, 5) is 39.0. The number of carbonyl (C=O) groups is 3. The smallest absolute Gasteiger partial charge is 0.369 e. The Labute approximate surface area is 229 Å². The predicted octanol–water partition coefficient (Wildman–Crippen LogP) is 3.81. The van der Waals surface area contributed by atoms with E-state index in [4.69, 9.17) is 17.3 Å². The Hall–Kier alpha value is -3.39. The molecule has 3 amide bonds. The molecule has 9 nitrogen and oxygen atoms in total. The highest BCUT2D eigenvalue weighted by molar-refractivity contribution is 8.18. The molecule has 0 unspecified atom stereocenters. The van der Waals surface area contributed by atoms with Gasteiger partial charge in [-0.2, -0.15) is 23.3 Å². The molecule has 2 N–H and O–H groups in total. The highest BCUT2D eigenvalue weighted by atomic mass is 35.5. The number of thioether (sulfide) groups is 1. The summed E-state index contributed by atoms with van der Waals surface area (Å²) < 4.78 is 42.0. The number of alkyl halides is 3. The minimum Gasteiger partial charge on any atom is -0.369 e. The number of halogens is 4. The van der Waals surface area contributed by atoms with Crippen molar-refractivity contribution in [2.45, 2.75) is 12.7 Å². The summed E-state index contributed by atoms with van der Waals surface area (Å²) in [5.41, 5.74) is 5.70.